The largest absolute Gasteiger partial charge is 0.388 e. The molecule has 1 atom stereocenters. The van der Waals surface area contributed by atoms with Crippen molar-refractivity contribution in [1.29, 1.82) is 0 Å². The second kappa shape index (κ2) is 4.40. The summed E-state index contributed by atoms with van der Waals surface area (Å²) in [6, 6.07) is 5.67. The SMILES string of the molecule is CCCCC(O)c1ccc2n[nH]nc2c1. The van der Waals surface area contributed by atoms with Gasteiger partial charge in [0.2, 0.25) is 0 Å². The van der Waals surface area contributed by atoms with Crippen molar-refractivity contribution in [3.63, 3.8) is 0 Å². The molecule has 4 nitrogen and oxygen atoms in total. The third-order valence-electron chi connectivity index (χ3n) is 2.56. The molecular formula is C11H15N3O. The van der Waals surface area contributed by atoms with Gasteiger partial charge in [0, 0.05) is 0 Å². The maximum Gasteiger partial charge on any atom is 0.113 e. The summed E-state index contributed by atoms with van der Waals surface area (Å²) in [5, 5.41) is 20.4. The van der Waals surface area contributed by atoms with E-state index in [1.807, 2.05) is 18.2 Å². The van der Waals surface area contributed by atoms with Crippen molar-refractivity contribution < 1.29 is 5.11 Å². The molecular weight excluding hydrogens is 190 g/mol. The monoisotopic (exact) mass is 205 g/mol. The summed E-state index contributed by atoms with van der Waals surface area (Å²) in [4.78, 5) is 0. The first-order valence-corrected chi connectivity index (χ1v) is 5.29. The van der Waals surface area contributed by atoms with Gasteiger partial charge in [-0.05, 0) is 24.1 Å². The van der Waals surface area contributed by atoms with Gasteiger partial charge in [0.15, 0.2) is 0 Å². The van der Waals surface area contributed by atoms with Crippen LogP contribution in [-0.2, 0) is 0 Å². The van der Waals surface area contributed by atoms with E-state index in [4.69, 9.17) is 0 Å². The van der Waals surface area contributed by atoms with E-state index in [-0.39, 0.29) is 6.10 Å². The lowest BCUT2D eigenvalue weighted by Gasteiger charge is -2.09. The van der Waals surface area contributed by atoms with Crippen LogP contribution in [0.1, 0.15) is 37.9 Å². The molecule has 2 aromatic rings. The molecule has 2 N–H and O–H groups in total. The molecule has 1 unspecified atom stereocenters. The summed E-state index contributed by atoms with van der Waals surface area (Å²) in [5.74, 6) is 0. The van der Waals surface area contributed by atoms with Crippen LogP contribution < -0.4 is 0 Å². The van der Waals surface area contributed by atoms with E-state index in [2.05, 4.69) is 22.3 Å². The number of H-pyrrole nitrogens is 1. The van der Waals surface area contributed by atoms with Crippen LogP contribution in [0.25, 0.3) is 11.0 Å². The summed E-state index contributed by atoms with van der Waals surface area (Å²) >= 11 is 0. The zero-order chi connectivity index (χ0) is 10.7. The van der Waals surface area contributed by atoms with Gasteiger partial charge in [-0.1, -0.05) is 25.8 Å². The fraction of sp³-hybridized carbons (Fsp3) is 0.455. The molecule has 0 bridgehead atoms. The van der Waals surface area contributed by atoms with Gasteiger partial charge in [-0.3, -0.25) is 0 Å². The Morgan fingerprint density at radius 1 is 1.33 bits per heavy atom. The number of benzene rings is 1. The number of aromatic nitrogens is 3. The predicted octanol–water partition coefficient (Wildman–Crippen LogP) is 2.18. The first kappa shape index (κ1) is 10.1. The van der Waals surface area contributed by atoms with Gasteiger partial charge in [-0.2, -0.15) is 15.4 Å². The number of rotatable bonds is 4. The lowest BCUT2D eigenvalue weighted by molar-refractivity contribution is 0.164. The van der Waals surface area contributed by atoms with Gasteiger partial charge in [0.25, 0.3) is 0 Å². The topological polar surface area (TPSA) is 61.8 Å². The number of hydrogen-bond acceptors (Lipinski definition) is 3. The third-order valence-corrected chi connectivity index (χ3v) is 2.56. The van der Waals surface area contributed by atoms with Crippen molar-refractivity contribution >= 4 is 11.0 Å². The Labute approximate surface area is 88.3 Å². The Kier molecular flexibility index (Phi) is 2.97. The molecule has 1 heterocycles. The standard InChI is InChI=1S/C11H15N3O/c1-2-3-4-11(15)8-5-6-9-10(7-8)13-14-12-9/h5-7,11,15H,2-4H2,1H3,(H,12,13,14). The van der Waals surface area contributed by atoms with Crippen molar-refractivity contribution in [3.05, 3.63) is 23.8 Å². The summed E-state index contributed by atoms with van der Waals surface area (Å²) < 4.78 is 0. The van der Waals surface area contributed by atoms with Crippen LogP contribution in [-0.4, -0.2) is 20.5 Å². The second-order valence-electron chi connectivity index (χ2n) is 3.73. The summed E-state index contributed by atoms with van der Waals surface area (Å²) in [7, 11) is 0. The number of hydrogen-bond donors (Lipinski definition) is 2. The van der Waals surface area contributed by atoms with Crippen LogP contribution in [0.4, 0.5) is 0 Å². The molecule has 1 aromatic heterocycles. The Bertz CT molecular complexity index is 438. The Balaban J connectivity index is 2.19. The normalized spacial score (nSPS) is 13.2. The van der Waals surface area contributed by atoms with Crippen LogP contribution in [0.3, 0.4) is 0 Å². The van der Waals surface area contributed by atoms with Crippen molar-refractivity contribution in [2.75, 3.05) is 0 Å². The highest BCUT2D eigenvalue weighted by Crippen LogP contribution is 2.21. The van der Waals surface area contributed by atoms with E-state index < -0.39 is 0 Å². The Hall–Kier alpha value is -1.42. The fourth-order valence-electron chi connectivity index (χ4n) is 1.63. The highest BCUT2D eigenvalue weighted by molar-refractivity contribution is 5.74. The van der Waals surface area contributed by atoms with Crippen molar-refractivity contribution in [2.24, 2.45) is 0 Å². The molecule has 2 rings (SSSR count). The molecule has 0 fully saturated rings. The van der Waals surface area contributed by atoms with Crippen LogP contribution in [0.5, 0.6) is 0 Å². The first-order chi connectivity index (χ1) is 7.31. The van der Waals surface area contributed by atoms with E-state index in [9.17, 15) is 5.11 Å². The van der Waals surface area contributed by atoms with Gasteiger partial charge >= 0.3 is 0 Å². The number of nitrogens with one attached hydrogen (secondary N) is 1. The van der Waals surface area contributed by atoms with Crippen LogP contribution >= 0.6 is 0 Å². The molecule has 0 saturated carbocycles. The predicted molar refractivity (Wildman–Crippen MR) is 58.4 cm³/mol. The van der Waals surface area contributed by atoms with E-state index in [0.717, 1.165) is 35.9 Å². The smallest absolute Gasteiger partial charge is 0.113 e. The number of aromatic amines is 1. The average Bonchev–Trinajstić information content (AvgIpc) is 2.72. The number of unbranched alkanes of at least 4 members (excludes halogenated alkanes) is 1. The maximum absolute atomic E-state index is 9.89. The van der Waals surface area contributed by atoms with E-state index in [1.165, 1.54) is 0 Å². The molecule has 0 radical (unpaired) electrons. The third kappa shape index (κ3) is 2.15. The zero-order valence-electron chi connectivity index (χ0n) is 8.77. The number of aliphatic hydroxyl groups is 1. The molecule has 0 aliphatic heterocycles. The molecule has 80 valence electrons. The van der Waals surface area contributed by atoms with Crippen molar-refractivity contribution in [3.8, 4) is 0 Å². The summed E-state index contributed by atoms with van der Waals surface area (Å²) in [5.41, 5.74) is 2.56. The van der Waals surface area contributed by atoms with Crippen LogP contribution in [0.15, 0.2) is 18.2 Å². The minimum atomic E-state index is -0.383. The number of fused-ring (bicyclic) bond motifs is 1. The van der Waals surface area contributed by atoms with Gasteiger partial charge in [-0.25, -0.2) is 0 Å². The Morgan fingerprint density at radius 3 is 2.93 bits per heavy atom. The number of nitrogens with zero attached hydrogens (tertiary/aromatic N) is 2. The highest BCUT2D eigenvalue weighted by Gasteiger charge is 2.08. The molecule has 0 aliphatic rings. The maximum atomic E-state index is 9.89. The quantitative estimate of drug-likeness (QED) is 0.804. The molecule has 0 spiro atoms. The average molecular weight is 205 g/mol. The van der Waals surface area contributed by atoms with E-state index in [1.54, 1.807) is 0 Å². The van der Waals surface area contributed by atoms with Crippen LogP contribution in [0, 0.1) is 0 Å². The van der Waals surface area contributed by atoms with Crippen molar-refractivity contribution in [2.45, 2.75) is 32.3 Å². The zero-order valence-corrected chi connectivity index (χ0v) is 8.77. The van der Waals surface area contributed by atoms with Gasteiger partial charge in [-0.15, -0.1) is 0 Å². The lowest BCUT2D eigenvalue weighted by Crippen LogP contribution is -1.96. The molecule has 0 saturated heterocycles. The number of aliphatic hydroxyl groups excluding tert-OH is 1. The summed E-state index contributed by atoms with van der Waals surface area (Å²) in [6.45, 7) is 2.12. The van der Waals surface area contributed by atoms with Gasteiger partial charge < -0.3 is 5.11 Å². The molecule has 4 heteroatoms. The van der Waals surface area contributed by atoms with Crippen LogP contribution in [0.2, 0.25) is 0 Å². The second-order valence-corrected chi connectivity index (χ2v) is 3.73. The molecule has 0 amide bonds. The molecule has 15 heavy (non-hydrogen) atoms. The summed E-state index contributed by atoms with van der Waals surface area (Å²) in [6.07, 6.45) is 2.56. The highest BCUT2D eigenvalue weighted by atomic mass is 16.3. The van der Waals surface area contributed by atoms with Gasteiger partial charge in [0.05, 0.1) is 6.10 Å². The van der Waals surface area contributed by atoms with E-state index >= 15 is 0 Å². The molecule has 0 aliphatic carbocycles. The van der Waals surface area contributed by atoms with E-state index in [0.29, 0.717) is 0 Å². The first-order valence-electron chi connectivity index (χ1n) is 5.29. The minimum absolute atomic E-state index is 0.383. The Morgan fingerprint density at radius 2 is 2.13 bits per heavy atom. The van der Waals surface area contributed by atoms with Crippen molar-refractivity contribution in [1.82, 2.24) is 15.4 Å². The lowest BCUT2D eigenvalue weighted by atomic mass is 10.0. The van der Waals surface area contributed by atoms with Gasteiger partial charge in [0.1, 0.15) is 11.0 Å². The minimum Gasteiger partial charge on any atom is -0.388 e. The fourth-order valence-corrected chi connectivity index (χ4v) is 1.63. The molecule has 1 aromatic carbocycles.